The van der Waals surface area contributed by atoms with Crippen LogP contribution in [0.15, 0.2) is 29.9 Å². The average molecular weight is 398 g/mol. The van der Waals surface area contributed by atoms with Crippen LogP contribution in [0.2, 0.25) is 0 Å². The maximum Gasteiger partial charge on any atom is 0.261 e. The number of allylic oxidation sites excluding steroid dienone is 2. The molecule has 1 unspecified atom stereocenters. The maximum absolute atomic E-state index is 13.6. The lowest BCUT2D eigenvalue weighted by Gasteiger charge is -2.30. The van der Waals surface area contributed by atoms with Crippen molar-refractivity contribution in [3.63, 3.8) is 0 Å². The minimum absolute atomic E-state index is 0.0406. The molecular weight excluding hydrogens is 374 g/mol. The Morgan fingerprint density at radius 3 is 2.79 bits per heavy atom. The zero-order valence-electron chi connectivity index (χ0n) is 16.5. The van der Waals surface area contributed by atoms with E-state index >= 15 is 0 Å². The molecule has 0 saturated carbocycles. The molecule has 0 spiro atoms. The maximum atomic E-state index is 13.6. The first-order valence-electron chi connectivity index (χ1n) is 10.3. The Hall–Kier alpha value is -2.34. The van der Waals surface area contributed by atoms with Gasteiger partial charge in [0.15, 0.2) is 11.6 Å². The fourth-order valence-electron chi connectivity index (χ4n) is 5.25. The number of Topliss-reactive ketones (excluding diaryl/α,β-unsaturated/α-hetero) is 2. The summed E-state index contributed by atoms with van der Waals surface area (Å²) in [4.78, 5) is 28.3. The Balaban J connectivity index is 1.50. The fraction of sp³-hybridized carbons (Fsp3) is 0.478. The summed E-state index contributed by atoms with van der Waals surface area (Å²) in [6.07, 6.45) is 5.86. The summed E-state index contributed by atoms with van der Waals surface area (Å²) in [6, 6.07) is 4.01. The van der Waals surface area contributed by atoms with Gasteiger partial charge >= 0.3 is 0 Å². The number of halogens is 2. The smallest absolute Gasteiger partial charge is 0.261 e. The highest BCUT2D eigenvalue weighted by molar-refractivity contribution is 6.06. The van der Waals surface area contributed by atoms with Crippen LogP contribution in [0, 0.1) is 0 Å². The lowest BCUT2D eigenvalue weighted by Crippen LogP contribution is -2.39. The summed E-state index contributed by atoms with van der Waals surface area (Å²) in [6.45, 7) is 3.06. The number of alkyl halides is 2. The van der Waals surface area contributed by atoms with Crippen LogP contribution in [-0.2, 0) is 11.2 Å². The predicted molar refractivity (Wildman–Crippen MR) is 108 cm³/mol. The van der Waals surface area contributed by atoms with E-state index in [9.17, 15) is 18.4 Å². The van der Waals surface area contributed by atoms with E-state index in [1.165, 1.54) is 0 Å². The van der Waals surface area contributed by atoms with Crippen LogP contribution in [-0.4, -0.2) is 54.6 Å². The van der Waals surface area contributed by atoms with E-state index in [0.717, 1.165) is 34.4 Å². The highest BCUT2D eigenvalue weighted by atomic mass is 19.3. The van der Waals surface area contributed by atoms with Crippen molar-refractivity contribution in [1.82, 2.24) is 4.90 Å². The Bertz CT molecular complexity index is 979. The molecular formula is C23H24F2N2O2. The van der Waals surface area contributed by atoms with Crippen LogP contribution in [0.25, 0.3) is 5.57 Å². The molecule has 0 radical (unpaired) electrons. The van der Waals surface area contributed by atoms with E-state index in [1.54, 1.807) is 6.92 Å². The van der Waals surface area contributed by atoms with E-state index < -0.39 is 5.92 Å². The lowest BCUT2D eigenvalue weighted by atomic mass is 9.88. The van der Waals surface area contributed by atoms with Gasteiger partial charge in [-0.3, -0.25) is 14.5 Å². The normalized spacial score (nSPS) is 24.9. The first kappa shape index (κ1) is 18.7. The molecule has 1 aromatic rings. The molecule has 6 heteroatoms. The van der Waals surface area contributed by atoms with Crippen LogP contribution < -0.4 is 4.90 Å². The molecule has 0 amide bonds. The molecule has 4 nitrogen and oxygen atoms in total. The van der Waals surface area contributed by atoms with Gasteiger partial charge < -0.3 is 4.90 Å². The van der Waals surface area contributed by atoms with Crippen molar-refractivity contribution in [3.8, 4) is 0 Å². The molecule has 0 N–H and O–H groups in total. The number of carbonyl (C=O) groups excluding carboxylic acids is 2. The molecule has 152 valence electrons. The third-order valence-electron chi connectivity index (χ3n) is 6.71. The minimum atomic E-state index is -2.58. The Morgan fingerprint density at radius 1 is 1.24 bits per heavy atom. The van der Waals surface area contributed by atoms with Gasteiger partial charge in [0.1, 0.15) is 0 Å². The van der Waals surface area contributed by atoms with Gasteiger partial charge in [0.2, 0.25) is 0 Å². The van der Waals surface area contributed by atoms with Gasteiger partial charge in [-0.1, -0.05) is 6.08 Å². The van der Waals surface area contributed by atoms with E-state index in [2.05, 4.69) is 4.90 Å². The first-order chi connectivity index (χ1) is 13.8. The number of anilines is 1. The van der Waals surface area contributed by atoms with Crippen molar-refractivity contribution in [2.45, 2.75) is 44.6 Å². The highest BCUT2D eigenvalue weighted by Crippen LogP contribution is 2.48. The van der Waals surface area contributed by atoms with Crippen LogP contribution >= 0.6 is 0 Å². The number of hydrogen-bond donors (Lipinski definition) is 0. The number of benzene rings is 1. The average Bonchev–Trinajstić information content (AvgIpc) is 3.32. The molecule has 5 rings (SSSR count). The van der Waals surface area contributed by atoms with Crippen LogP contribution in [0.4, 0.5) is 14.5 Å². The second kappa shape index (κ2) is 6.59. The second-order valence-electron chi connectivity index (χ2n) is 8.55. The monoisotopic (exact) mass is 398 g/mol. The molecule has 0 bridgehead atoms. The second-order valence-corrected chi connectivity index (χ2v) is 8.55. The number of likely N-dealkylation sites (tertiary alicyclic amines) is 1. The van der Waals surface area contributed by atoms with Gasteiger partial charge in [-0.2, -0.15) is 0 Å². The van der Waals surface area contributed by atoms with Gasteiger partial charge in [0.05, 0.1) is 12.6 Å². The van der Waals surface area contributed by atoms with Gasteiger partial charge in [-0.15, -0.1) is 0 Å². The van der Waals surface area contributed by atoms with E-state index in [0.29, 0.717) is 38.0 Å². The van der Waals surface area contributed by atoms with E-state index in [1.807, 2.05) is 29.2 Å². The third-order valence-corrected chi connectivity index (χ3v) is 6.71. The van der Waals surface area contributed by atoms with Crippen LogP contribution in [0.5, 0.6) is 0 Å². The van der Waals surface area contributed by atoms with Gasteiger partial charge in [0.25, 0.3) is 5.92 Å². The molecule has 0 aromatic heterocycles. The number of rotatable bonds is 4. The molecule has 2 aliphatic heterocycles. The SMILES string of the molecule is CC(=O)C1=CCC2C(=C1)c1c(ccc3c1CCC3=O)N2CCN1CCC(F)(F)C1. The van der Waals surface area contributed by atoms with Crippen molar-refractivity contribution >= 4 is 22.8 Å². The summed E-state index contributed by atoms with van der Waals surface area (Å²) in [5.41, 5.74) is 5.86. The molecule has 1 saturated heterocycles. The van der Waals surface area contributed by atoms with Crippen LogP contribution in [0.1, 0.15) is 47.7 Å². The number of nitrogens with zero attached hydrogens (tertiary/aromatic N) is 2. The third kappa shape index (κ3) is 3.05. The van der Waals surface area contributed by atoms with Gasteiger partial charge in [-0.05, 0) is 49.1 Å². The number of carbonyl (C=O) groups is 2. The summed E-state index contributed by atoms with van der Waals surface area (Å²) in [5.74, 6) is -2.37. The molecule has 2 heterocycles. The van der Waals surface area contributed by atoms with Crippen molar-refractivity contribution in [2.24, 2.45) is 0 Å². The Labute approximate surface area is 168 Å². The molecule has 29 heavy (non-hydrogen) atoms. The molecule has 1 fully saturated rings. The zero-order chi connectivity index (χ0) is 20.3. The number of hydrogen-bond acceptors (Lipinski definition) is 4. The van der Waals surface area contributed by atoms with Crippen molar-refractivity contribution in [3.05, 3.63) is 46.5 Å². The predicted octanol–water partition coefficient (Wildman–Crippen LogP) is 3.65. The van der Waals surface area contributed by atoms with Crippen molar-refractivity contribution in [2.75, 3.05) is 31.1 Å². The lowest BCUT2D eigenvalue weighted by molar-refractivity contribution is -0.113. The molecule has 1 aromatic carbocycles. The summed E-state index contributed by atoms with van der Waals surface area (Å²) < 4.78 is 27.1. The Kier molecular flexibility index (Phi) is 4.24. The largest absolute Gasteiger partial charge is 0.362 e. The van der Waals surface area contributed by atoms with Crippen LogP contribution in [0.3, 0.4) is 0 Å². The quantitative estimate of drug-likeness (QED) is 0.776. The van der Waals surface area contributed by atoms with Crippen molar-refractivity contribution in [1.29, 1.82) is 0 Å². The molecule has 4 aliphatic rings. The first-order valence-corrected chi connectivity index (χ1v) is 10.3. The minimum Gasteiger partial charge on any atom is -0.362 e. The van der Waals surface area contributed by atoms with Gasteiger partial charge in [0, 0.05) is 54.9 Å². The number of fused-ring (bicyclic) bond motifs is 5. The number of ketones is 2. The zero-order valence-corrected chi connectivity index (χ0v) is 16.5. The summed E-state index contributed by atoms with van der Waals surface area (Å²) >= 11 is 0. The van der Waals surface area contributed by atoms with E-state index in [-0.39, 0.29) is 30.6 Å². The Morgan fingerprint density at radius 2 is 2.07 bits per heavy atom. The standard InChI is InChI=1S/C23H24F2N2O2/c1-14(28)15-2-5-19-18(12-15)22-17-4-7-21(29)16(17)3-6-20(22)27(19)11-10-26-9-8-23(24,25)13-26/h2-3,6,12,19H,4-5,7-11,13H2,1H3. The molecule has 1 atom stereocenters. The molecule has 2 aliphatic carbocycles. The van der Waals surface area contributed by atoms with Crippen molar-refractivity contribution < 1.29 is 18.4 Å². The fourth-order valence-corrected chi connectivity index (χ4v) is 5.25. The topological polar surface area (TPSA) is 40.6 Å². The summed E-state index contributed by atoms with van der Waals surface area (Å²) in [5, 5.41) is 0. The summed E-state index contributed by atoms with van der Waals surface area (Å²) in [7, 11) is 0. The van der Waals surface area contributed by atoms with E-state index in [4.69, 9.17) is 0 Å². The van der Waals surface area contributed by atoms with Gasteiger partial charge in [-0.25, -0.2) is 8.78 Å². The highest BCUT2D eigenvalue weighted by Gasteiger charge is 2.41.